The fourth-order valence-electron chi connectivity index (χ4n) is 2.22. The summed E-state index contributed by atoms with van der Waals surface area (Å²) in [6.07, 6.45) is 2.36. The summed E-state index contributed by atoms with van der Waals surface area (Å²) in [5.41, 5.74) is 9.71. The Morgan fingerprint density at radius 1 is 1.11 bits per heavy atom. The summed E-state index contributed by atoms with van der Waals surface area (Å²) >= 11 is 0. The minimum atomic E-state index is -0.152. The highest BCUT2D eigenvalue weighted by atomic mass is 16.2. The predicted octanol–water partition coefficient (Wildman–Crippen LogP) is 4.35. The van der Waals surface area contributed by atoms with Gasteiger partial charge in [0.05, 0.1) is 6.04 Å². The normalized spacial score (nSPS) is 12.1. The van der Waals surface area contributed by atoms with Crippen molar-refractivity contribution in [3.63, 3.8) is 0 Å². The molecule has 0 aliphatic carbocycles. The third kappa shape index (κ3) is 3.47. The van der Waals surface area contributed by atoms with Crippen molar-refractivity contribution in [2.75, 3.05) is 6.61 Å². The van der Waals surface area contributed by atoms with Gasteiger partial charge in [-0.2, -0.15) is 0 Å². The number of hydrogen-bond donors (Lipinski definition) is 1. The van der Waals surface area contributed by atoms with E-state index in [1.54, 1.807) is 0 Å². The Kier molecular flexibility index (Phi) is 4.78. The molecule has 0 aromatic heterocycles. The second-order valence-electron chi connectivity index (χ2n) is 4.55. The standard InChI is InChI=1S/C15H17N3O/c16-18-17-15(7-3-4-10-19)14-9-8-12-5-1-2-6-13(12)11-14/h1-2,5-6,8-9,11,15,19H,3-4,7,10H2. The van der Waals surface area contributed by atoms with Crippen LogP contribution in [0, 0.1) is 0 Å². The molecule has 1 N–H and O–H groups in total. The molecule has 1 atom stereocenters. The molecular formula is C15H17N3O. The van der Waals surface area contributed by atoms with Crippen molar-refractivity contribution in [2.24, 2.45) is 5.11 Å². The van der Waals surface area contributed by atoms with Crippen LogP contribution >= 0.6 is 0 Å². The summed E-state index contributed by atoms with van der Waals surface area (Å²) in [7, 11) is 0. The van der Waals surface area contributed by atoms with Crippen molar-refractivity contribution < 1.29 is 5.11 Å². The van der Waals surface area contributed by atoms with Crippen LogP contribution in [0.2, 0.25) is 0 Å². The summed E-state index contributed by atoms with van der Waals surface area (Å²) in [6.45, 7) is 0.181. The van der Waals surface area contributed by atoms with Crippen LogP contribution in [-0.2, 0) is 0 Å². The van der Waals surface area contributed by atoms with Crippen molar-refractivity contribution in [1.82, 2.24) is 0 Å². The number of aliphatic hydroxyl groups is 1. The average Bonchev–Trinajstić information content (AvgIpc) is 2.46. The lowest BCUT2D eigenvalue weighted by Gasteiger charge is -2.12. The molecule has 0 heterocycles. The Hall–Kier alpha value is -2.03. The highest BCUT2D eigenvalue weighted by molar-refractivity contribution is 5.83. The van der Waals surface area contributed by atoms with Crippen LogP contribution in [0.15, 0.2) is 47.6 Å². The largest absolute Gasteiger partial charge is 0.396 e. The van der Waals surface area contributed by atoms with Crippen LogP contribution in [0.5, 0.6) is 0 Å². The van der Waals surface area contributed by atoms with Crippen LogP contribution in [-0.4, -0.2) is 11.7 Å². The first-order chi connectivity index (χ1) is 9.35. The summed E-state index contributed by atoms with van der Waals surface area (Å²) in [5.74, 6) is 0. The van der Waals surface area contributed by atoms with Gasteiger partial charge in [-0.3, -0.25) is 0 Å². The van der Waals surface area contributed by atoms with E-state index in [0.29, 0.717) is 0 Å². The van der Waals surface area contributed by atoms with Gasteiger partial charge in [-0.1, -0.05) is 54.0 Å². The van der Waals surface area contributed by atoms with E-state index >= 15 is 0 Å². The maximum atomic E-state index is 8.82. The van der Waals surface area contributed by atoms with Gasteiger partial charge in [0.25, 0.3) is 0 Å². The second kappa shape index (κ2) is 6.78. The molecule has 0 amide bonds. The molecule has 0 saturated heterocycles. The number of aliphatic hydroxyl groups excluding tert-OH is 1. The van der Waals surface area contributed by atoms with E-state index in [1.165, 1.54) is 5.39 Å². The van der Waals surface area contributed by atoms with E-state index in [2.05, 4.69) is 34.3 Å². The average molecular weight is 255 g/mol. The van der Waals surface area contributed by atoms with E-state index in [4.69, 9.17) is 10.6 Å². The summed E-state index contributed by atoms with van der Waals surface area (Å²) in [5, 5.41) is 15.0. The highest BCUT2D eigenvalue weighted by Gasteiger charge is 2.09. The first-order valence-corrected chi connectivity index (χ1v) is 6.49. The third-order valence-corrected chi connectivity index (χ3v) is 3.23. The minimum absolute atomic E-state index is 0.152. The van der Waals surface area contributed by atoms with E-state index in [9.17, 15) is 0 Å². The number of rotatable bonds is 6. The third-order valence-electron chi connectivity index (χ3n) is 3.23. The molecule has 4 nitrogen and oxygen atoms in total. The Labute approximate surface area is 112 Å². The van der Waals surface area contributed by atoms with Gasteiger partial charge in [-0.05, 0) is 34.7 Å². The second-order valence-corrected chi connectivity index (χ2v) is 4.55. The molecule has 0 bridgehead atoms. The fraction of sp³-hybridized carbons (Fsp3) is 0.333. The van der Waals surface area contributed by atoms with Crippen molar-refractivity contribution in [3.05, 3.63) is 58.5 Å². The lowest BCUT2D eigenvalue weighted by atomic mass is 9.98. The van der Waals surface area contributed by atoms with Crippen molar-refractivity contribution in [3.8, 4) is 0 Å². The van der Waals surface area contributed by atoms with Crippen molar-refractivity contribution >= 4 is 10.8 Å². The molecule has 0 radical (unpaired) electrons. The Morgan fingerprint density at radius 2 is 1.89 bits per heavy atom. The van der Waals surface area contributed by atoms with Gasteiger partial charge in [-0.15, -0.1) is 0 Å². The van der Waals surface area contributed by atoms with Crippen LogP contribution in [0.3, 0.4) is 0 Å². The Bertz CT molecular complexity index is 591. The number of fused-ring (bicyclic) bond motifs is 1. The summed E-state index contributed by atoms with van der Waals surface area (Å²) < 4.78 is 0. The lowest BCUT2D eigenvalue weighted by molar-refractivity contribution is 0.281. The van der Waals surface area contributed by atoms with E-state index in [0.717, 1.165) is 30.2 Å². The van der Waals surface area contributed by atoms with Crippen LogP contribution in [0.1, 0.15) is 30.9 Å². The quantitative estimate of drug-likeness (QED) is 0.354. The molecular weight excluding hydrogens is 238 g/mol. The molecule has 2 aromatic carbocycles. The Balaban J connectivity index is 2.25. The molecule has 98 valence electrons. The van der Waals surface area contributed by atoms with E-state index in [1.807, 2.05) is 18.2 Å². The van der Waals surface area contributed by atoms with Gasteiger partial charge in [0.1, 0.15) is 0 Å². The minimum Gasteiger partial charge on any atom is -0.396 e. The molecule has 1 unspecified atom stereocenters. The molecule has 2 rings (SSSR count). The molecule has 2 aromatic rings. The van der Waals surface area contributed by atoms with Crippen molar-refractivity contribution in [2.45, 2.75) is 25.3 Å². The zero-order valence-electron chi connectivity index (χ0n) is 10.7. The summed E-state index contributed by atoms with van der Waals surface area (Å²) in [4.78, 5) is 2.93. The van der Waals surface area contributed by atoms with Gasteiger partial charge in [0, 0.05) is 11.5 Å². The predicted molar refractivity (Wildman–Crippen MR) is 76.8 cm³/mol. The zero-order valence-corrected chi connectivity index (χ0v) is 10.7. The molecule has 0 fully saturated rings. The first kappa shape index (κ1) is 13.4. The van der Waals surface area contributed by atoms with Crippen LogP contribution in [0.4, 0.5) is 0 Å². The molecule has 0 aliphatic heterocycles. The smallest absolute Gasteiger partial charge is 0.0625 e. The summed E-state index contributed by atoms with van der Waals surface area (Å²) in [6, 6.07) is 14.1. The number of unbranched alkanes of at least 4 members (excludes halogenated alkanes) is 1. The number of hydrogen-bond acceptors (Lipinski definition) is 2. The lowest BCUT2D eigenvalue weighted by Crippen LogP contribution is -1.96. The molecule has 19 heavy (non-hydrogen) atoms. The monoisotopic (exact) mass is 255 g/mol. The first-order valence-electron chi connectivity index (χ1n) is 6.49. The highest BCUT2D eigenvalue weighted by Crippen LogP contribution is 2.27. The van der Waals surface area contributed by atoms with Crippen molar-refractivity contribution in [1.29, 1.82) is 0 Å². The number of benzene rings is 2. The number of azide groups is 1. The molecule has 4 heteroatoms. The van der Waals surface area contributed by atoms with Gasteiger partial charge in [-0.25, -0.2) is 0 Å². The molecule has 0 saturated carbocycles. The SMILES string of the molecule is [N-]=[N+]=NC(CCCCO)c1ccc2ccccc2c1. The van der Waals surface area contributed by atoms with E-state index in [-0.39, 0.29) is 12.6 Å². The van der Waals surface area contributed by atoms with Crippen LogP contribution < -0.4 is 0 Å². The zero-order chi connectivity index (χ0) is 13.5. The van der Waals surface area contributed by atoms with Gasteiger partial charge in [0.15, 0.2) is 0 Å². The topological polar surface area (TPSA) is 69.0 Å². The maximum absolute atomic E-state index is 8.82. The van der Waals surface area contributed by atoms with E-state index < -0.39 is 0 Å². The molecule has 0 aliphatic rings. The molecule has 0 spiro atoms. The number of nitrogens with zero attached hydrogens (tertiary/aromatic N) is 3. The maximum Gasteiger partial charge on any atom is 0.0625 e. The van der Waals surface area contributed by atoms with Crippen LogP contribution in [0.25, 0.3) is 21.2 Å². The van der Waals surface area contributed by atoms with Gasteiger partial charge >= 0.3 is 0 Å². The van der Waals surface area contributed by atoms with Gasteiger partial charge < -0.3 is 5.11 Å². The fourth-order valence-corrected chi connectivity index (χ4v) is 2.22. The van der Waals surface area contributed by atoms with Gasteiger partial charge in [0.2, 0.25) is 0 Å². The Morgan fingerprint density at radius 3 is 2.63 bits per heavy atom.